The van der Waals surface area contributed by atoms with Crippen molar-refractivity contribution in [1.82, 2.24) is 35.2 Å². The average Bonchev–Trinajstić information content (AvgIpc) is 4.48. The number of carbonyl (C=O) groups is 4. The summed E-state index contributed by atoms with van der Waals surface area (Å²) in [4.78, 5) is 69.9. The fraction of sp³-hybridized carbons (Fsp3) is 0.571. The Morgan fingerprint density at radius 2 is 1.00 bits per heavy atom. The number of sulfone groups is 2. The molecule has 26 heteroatoms. The van der Waals surface area contributed by atoms with Gasteiger partial charge in [-0.1, -0.05) is 28.3 Å². The van der Waals surface area contributed by atoms with Crippen molar-refractivity contribution in [1.29, 1.82) is 0 Å². The Hall–Kier alpha value is -6.08. The van der Waals surface area contributed by atoms with Crippen molar-refractivity contribution in [2.24, 2.45) is 0 Å². The fourth-order valence-electron chi connectivity index (χ4n) is 11.1. The van der Waals surface area contributed by atoms with E-state index >= 15 is 0 Å². The molecule has 440 valence electrons. The topological polar surface area (TPSA) is 271 Å². The number of benzene rings is 2. The summed E-state index contributed by atoms with van der Waals surface area (Å²) in [6, 6.07) is 10.3. The van der Waals surface area contributed by atoms with Crippen LogP contribution >= 0.6 is 23.2 Å². The lowest BCUT2D eigenvalue weighted by molar-refractivity contribution is -0.179. The van der Waals surface area contributed by atoms with E-state index in [1.807, 2.05) is 18.7 Å². The molecule has 22 nitrogen and oxygen atoms in total. The third-order valence-electron chi connectivity index (χ3n) is 16.5. The van der Waals surface area contributed by atoms with Crippen molar-refractivity contribution < 1.29 is 69.3 Å². The van der Waals surface area contributed by atoms with E-state index in [2.05, 4.69) is 30.1 Å². The van der Waals surface area contributed by atoms with Crippen LogP contribution in [0.3, 0.4) is 0 Å². The molecule has 2 aromatic carbocycles. The lowest BCUT2D eigenvalue weighted by atomic mass is 9.96. The van der Waals surface area contributed by atoms with Gasteiger partial charge in [0.2, 0.25) is 23.5 Å². The van der Waals surface area contributed by atoms with Gasteiger partial charge in [-0.25, -0.2) is 46.4 Å². The van der Waals surface area contributed by atoms with Crippen LogP contribution in [0.1, 0.15) is 140 Å². The van der Waals surface area contributed by atoms with Crippen molar-refractivity contribution in [2.45, 2.75) is 211 Å². The number of carbonyl (C=O) groups excluding carboxylic acids is 4. The van der Waals surface area contributed by atoms with Crippen molar-refractivity contribution in [3.05, 3.63) is 70.2 Å². The number of piperidine rings is 2. The van der Waals surface area contributed by atoms with Gasteiger partial charge in [-0.05, 0) is 153 Å². The molecule has 2 aromatic heterocycles. The quantitative estimate of drug-likeness (QED) is 0.0856. The van der Waals surface area contributed by atoms with Gasteiger partial charge in [0.1, 0.15) is 48.6 Å². The van der Waals surface area contributed by atoms with E-state index in [0.29, 0.717) is 83.1 Å². The van der Waals surface area contributed by atoms with E-state index in [4.69, 9.17) is 51.6 Å². The van der Waals surface area contributed by atoms with E-state index in [9.17, 15) is 36.0 Å². The summed E-state index contributed by atoms with van der Waals surface area (Å²) in [7, 11) is -6.65. The van der Waals surface area contributed by atoms with Gasteiger partial charge in [0.15, 0.2) is 19.7 Å². The predicted molar refractivity (Wildman–Crippen MR) is 293 cm³/mol. The number of rotatable bonds is 15. The van der Waals surface area contributed by atoms with E-state index in [0.717, 1.165) is 77.0 Å². The van der Waals surface area contributed by atoms with Crippen LogP contribution < -0.4 is 24.3 Å². The second kappa shape index (κ2) is 24.3. The third-order valence-corrected chi connectivity index (χ3v) is 21.6. The summed E-state index contributed by atoms with van der Waals surface area (Å²) in [6.45, 7) is 3.66. The highest BCUT2D eigenvalue weighted by Crippen LogP contribution is 2.43. The minimum Gasteiger partial charge on any atom is -0.474 e. The number of imide groups is 1. The molecule has 7 heterocycles. The molecule has 13 rings (SSSR count). The zero-order valence-corrected chi connectivity index (χ0v) is 48.6. The fourth-order valence-corrected chi connectivity index (χ4v) is 15.1. The molecular formula is C56H65Cl2N7O15S2. The molecule has 9 aliphatic rings. The normalized spacial score (nSPS) is 24.9. The van der Waals surface area contributed by atoms with Crippen molar-refractivity contribution in [3.63, 3.8) is 0 Å². The van der Waals surface area contributed by atoms with E-state index in [1.165, 1.54) is 49.8 Å². The number of hydrogen-bond acceptors (Lipinski definition) is 20. The molecule has 4 bridgehead atoms. The number of nitrogens with zero attached hydrogens (tertiary/aromatic N) is 6. The van der Waals surface area contributed by atoms with Crippen LogP contribution in [0.25, 0.3) is 0 Å². The molecule has 4 aromatic rings. The van der Waals surface area contributed by atoms with Crippen LogP contribution in [-0.4, -0.2) is 130 Å². The first-order valence-corrected chi connectivity index (χ1v) is 32.1. The molecule has 6 atom stereocenters. The monoisotopic (exact) mass is 1210 g/mol. The Morgan fingerprint density at radius 1 is 0.561 bits per heavy atom. The number of aromatic nitrogens is 4. The van der Waals surface area contributed by atoms with Crippen LogP contribution in [0, 0.1) is 13.8 Å². The Balaban J connectivity index is 0.000000140. The van der Waals surface area contributed by atoms with Crippen LogP contribution in [0.2, 0.25) is 10.0 Å². The minimum atomic E-state index is -3.35. The van der Waals surface area contributed by atoms with Gasteiger partial charge in [0, 0.05) is 49.9 Å². The lowest BCUT2D eigenvalue weighted by Crippen LogP contribution is -2.50. The Labute approximate surface area is 485 Å². The maximum Gasteiger partial charge on any atom is 0.534 e. The second-order valence-corrected chi connectivity index (χ2v) is 27.7. The Bertz CT molecular complexity index is 3280. The van der Waals surface area contributed by atoms with Gasteiger partial charge in [-0.2, -0.15) is 0 Å². The molecule has 82 heavy (non-hydrogen) atoms. The van der Waals surface area contributed by atoms with E-state index in [-0.39, 0.29) is 91.7 Å². The van der Waals surface area contributed by atoms with Gasteiger partial charge in [0.05, 0.1) is 41.5 Å². The third kappa shape index (κ3) is 13.1. The van der Waals surface area contributed by atoms with Crippen molar-refractivity contribution >= 4 is 66.9 Å². The van der Waals surface area contributed by atoms with Crippen LogP contribution in [0.5, 0.6) is 35.0 Å². The summed E-state index contributed by atoms with van der Waals surface area (Å²) in [5, 5.41) is 3.92. The minimum absolute atomic E-state index is 0.0790. The summed E-state index contributed by atoms with van der Waals surface area (Å²) < 4.78 is 84.7. The molecule has 3 amide bonds. The van der Waals surface area contributed by atoms with Crippen molar-refractivity contribution in [2.75, 3.05) is 0 Å². The Kier molecular flexibility index (Phi) is 17.1. The standard InChI is InChI=1S/C26H30ClN3O6S.C21H24ClN3O4S.C9H11NO5/c1-15-24(34-19-11-16-5-6-17(12-19)30(16)26(31)35-18-3-2-4-18)28-14-29-25(15)36-23-10-9-21(13-22(23)27)37(32,33)20-7-8-20;1-12-20(28-15-8-13-2-3-14(9-15)25-13)23-11-24-21(12)29-19-7-6-17(10-18(19)22)30(26,27)16-4-5-16;11-7-4-5-8(12)10(7)15-9(13)14-6-2-1-3-6/h9-10,13-14,16-20H,2-8,11-12H2,1H3;6-7,10-11,13-16,25H,2-5,8-9H2,1H3;6H,1-5H2/t16-,17?,19?;13-,14?,15?;/m00./s1. The first-order chi connectivity index (χ1) is 39.4. The highest BCUT2D eigenvalue weighted by molar-refractivity contribution is 7.92. The highest BCUT2D eigenvalue weighted by Gasteiger charge is 2.46. The van der Waals surface area contributed by atoms with Gasteiger partial charge in [-0.3, -0.25) is 14.4 Å². The maximum absolute atomic E-state index is 12.7. The first-order valence-electron chi connectivity index (χ1n) is 28.2. The highest BCUT2D eigenvalue weighted by atomic mass is 35.5. The van der Waals surface area contributed by atoms with Crippen molar-refractivity contribution in [3.8, 4) is 35.0 Å². The van der Waals surface area contributed by atoms with Gasteiger partial charge < -0.3 is 38.6 Å². The average molecular weight is 1210 g/mol. The lowest BCUT2D eigenvalue weighted by Gasteiger charge is -2.39. The predicted octanol–water partition coefficient (Wildman–Crippen LogP) is 9.81. The Morgan fingerprint density at radius 3 is 1.43 bits per heavy atom. The molecule has 0 radical (unpaired) electrons. The van der Waals surface area contributed by atoms with Crippen LogP contribution in [0.4, 0.5) is 9.59 Å². The van der Waals surface area contributed by atoms with E-state index in [1.54, 1.807) is 12.1 Å². The van der Waals surface area contributed by atoms with Gasteiger partial charge >= 0.3 is 12.2 Å². The summed E-state index contributed by atoms with van der Waals surface area (Å²) in [5.41, 5.74) is 1.31. The molecular weight excluding hydrogens is 1150 g/mol. The number of hydrogen-bond donors (Lipinski definition) is 1. The molecule has 4 unspecified atom stereocenters. The second-order valence-electron chi connectivity index (χ2n) is 22.5. The molecule has 5 aliphatic heterocycles. The van der Waals surface area contributed by atoms with Gasteiger partial charge in [-0.15, -0.1) is 0 Å². The number of halogens is 2. The largest absolute Gasteiger partial charge is 0.534 e. The number of amides is 3. The molecule has 4 aliphatic carbocycles. The first kappa shape index (κ1) is 57.7. The molecule has 1 N–H and O–H groups in total. The summed E-state index contributed by atoms with van der Waals surface area (Å²) in [5.74, 6) is 1.22. The van der Waals surface area contributed by atoms with Crippen LogP contribution in [0.15, 0.2) is 58.8 Å². The van der Waals surface area contributed by atoms with Crippen LogP contribution in [-0.2, 0) is 43.6 Å². The summed E-state index contributed by atoms with van der Waals surface area (Å²) >= 11 is 12.7. The zero-order valence-electron chi connectivity index (χ0n) is 45.4. The number of fused-ring (bicyclic) bond motifs is 4. The smallest absolute Gasteiger partial charge is 0.474 e. The number of ether oxygens (including phenoxy) is 6. The molecule has 4 saturated carbocycles. The number of hydroxylamine groups is 2. The molecule has 5 saturated heterocycles. The van der Waals surface area contributed by atoms with Gasteiger partial charge in [0.25, 0.3) is 11.8 Å². The molecule has 9 fully saturated rings. The summed E-state index contributed by atoms with van der Waals surface area (Å²) in [6.07, 6.45) is 18.0. The zero-order chi connectivity index (χ0) is 57.5. The molecule has 0 spiro atoms. The number of nitrogens with one attached hydrogen (secondary N) is 1. The van der Waals surface area contributed by atoms with E-state index < -0.39 is 37.6 Å². The maximum atomic E-state index is 12.7. The SMILES string of the molecule is Cc1c(Oc2ccc(S(=O)(=O)C3CC3)cc2Cl)ncnc1OC1CC2CC[C@@H](C1)N2.Cc1c(Oc2ccc(S(=O)(=O)C3CC3)cc2Cl)ncnc1OC1CC2CC[C@@H](C1)N2C(=O)OC1CCC1.O=C(OC1CCC1)ON1C(=O)CCC1=O.